The number of thiocarbonyl (C=S) groups is 1. The van der Waals surface area contributed by atoms with Crippen molar-refractivity contribution in [2.24, 2.45) is 0 Å². The lowest BCUT2D eigenvalue weighted by atomic mass is 10.3. The molecule has 1 heterocycles. The molecule has 0 aromatic heterocycles. The van der Waals surface area contributed by atoms with Gasteiger partial charge in [-0.05, 0) is 18.6 Å². The fourth-order valence-corrected chi connectivity index (χ4v) is 0.879. The molecule has 0 radical (unpaired) electrons. The Morgan fingerprint density at radius 2 is 2.56 bits per heavy atom. The Morgan fingerprint density at radius 1 is 1.89 bits per heavy atom. The second-order valence-corrected chi connectivity index (χ2v) is 2.16. The highest BCUT2D eigenvalue weighted by molar-refractivity contribution is 7.80. The van der Waals surface area contributed by atoms with Crippen molar-refractivity contribution in [2.75, 3.05) is 0 Å². The van der Waals surface area contributed by atoms with Crippen LogP contribution < -0.4 is 5.32 Å². The lowest BCUT2D eigenvalue weighted by Crippen LogP contribution is -2.23. The van der Waals surface area contributed by atoms with Gasteiger partial charge in [0.25, 0.3) is 11.1 Å². The highest BCUT2D eigenvalue weighted by Gasteiger charge is 2.27. The standard InChI is InChI=1S/C5H7NO2S/c1-2-3-4(7)6-5(9)8-3/h3H,2H2,1H3,(H,6,7,9). The van der Waals surface area contributed by atoms with Crippen LogP contribution in [0.25, 0.3) is 0 Å². The quantitative estimate of drug-likeness (QED) is 0.535. The molecule has 4 heteroatoms. The van der Waals surface area contributed by atoms with Crippen LogP contribution in [-0.2, 0) is 9.53 Å². The number of nitrogens with one attached hydrogen (secondary N) is 1. The van der Waals surface area contributed by atoms with E-state index in [4.69, 9.17) is 4.74 Å². The van der Waals surface area contributed by atoms with Crippen LogP contribution in [0, 0.1) is 0 Å². The number of carbonyl (C=O) groups excluding carboxylic acids is 1. The number of hydrogen-bond acceptors (Lipinski definition) is 3. The molecule has 1 amide bonds. The fourth-order valence-electron chi connectivity index (χ4n) is 0.662. The van der Waals surface area contributed by atoms with Crippen LogP contribution in [0.2, 0.25) is 0 Å². The Kier molecular flexibility index (Phi) is 1.66. The second kappa shape index (κ2) is 2.31. The first-order valence-corrected chi connectivity index (χ1v) is 3.16. The van der Waals surface area contributed by atoms with Gasteiger partial charge in [-0.1, -0.05) is 6.92 Å². The smallest absolute Gasteiger partial charge is 0.268 e. The Bertz CT molecular complexity index is 157. The molecule has 0 spiro atoms. The van der Waals surface area contributed by atoms with Crippen molar-refractivity contribution in [3.8, 4) is 0 Å². The lowest BCUT2D eigenvalue weighted by molar-refractivity contribution is -0.123. The molecule has 1 rings (SSSR count). The van der Waals surface area contributed by atoms with Crippen molar-refractivity contribution >= 4 is 23.3 Å². The Hall–Kier alpha value is -0.640. The number of ether oxygens (including phenoxy) is 1. The van der Waals surface area contributed by atoms with E-state index < -0.39 is 0 Å². The lowest BCUT2D eigenvalue weighted by Gasteiger charge is -1.99. The van der Waals surface area contributed by atoms with Gasteiger partial charge in [-0.3, -0.25) is 10.1 Å². The van der Waals surface area contributed by atoms with Crippen molar-refractivity contribution in [1.82, 2.24) is 5.32 Å². The van der Waals surface area contributed by atoms with E-state index in [0.717, 1.165) is 0 Å². The van der Waals surface area contributed by atoms with Crippen molar-refractivity contribution in [2.45, 2.75) is 19.4 Å². The van der Waals surface area contributed by atoms with E-state index in [1.807, 2.05) is 6.92 Å². The molecule has 9 heavy (non-hydrogen) atoms. The molecule has 1 aliphatic heterocycles. The molecule has 50 valence electrons. The Balaban J connectivity index is 2.58. The van der Waals surface area contributed by atoms with Gasteiger partial charge in [-0.2, -0.15) is 0 Å². The maximum absolute atomic E-state index is 10.7. The number of carbonyl (C=O) groups is 1. The molecule has 0 bridgehead atoms. The highest BCUT2D eigenvalue weighted by atomic mass is 32.1. The average Bonchev–Trinajstić information content (AvgIpc) is 2.10. The predicted octanol–water partition coefficient (Wildman–Crippen LogP) is 0.196. The van der Waals surface area contributed by atoms with E-state index in [2.05, 4.69) is 17.5 Å². The van der Waals surface area contributed by atoms with Crippen LogP contribution in [0.5, 0.6) is 0 Å². The fraction of sp³-hybridized carbons (Fsp3) is 0.600. The minimum absolute atomic E-state index is 0.123. The SMILES string of the molecule is CCC1OC(=S)NC1=O. The Morgan fingerprint density at radius 3 is 2.78 bits per heavy atom. The van der Waals surface area contributed by atoms with E-state index in [-0.39, 0.29) is 17.2 Å². The van der Waals surface area contributed by atoms with Gasteiger partial charge in [0.1, 0.15) is 0 Å². The molecule has 3 nitrogen and oxygen atoms in total. The van der Waals surface area contributed by atoms with Crippen molar-refractivity contribution < 1.29 is 9.53 Å². The number of hydrogen-bond donors (Lipinski definition) is 1. The summed E-state index contributed by atoms with van der Waals surface area (Å²) < 4.78 is 4.89. The van der Waals surface area contributed by atoms with E-state index in [0.29, 0.717) is 6.42 Å². The van der Waals surface area contributed by atoms with Crippen LogP contribution in [0.3, 0.4) is 0 Å². The molecule has 0 aromatic carbocycles. The van der Waals surface area contributed by atoms with Gasteiger partial charge in [0.15, 0.2) is 6.10 Å². The topological polar surface area (TPSA) is 38.3 Å². The van der Waals surface area contributed by atoms with Gasteiger partial charge < -0.3 is 4.74 Å². The largest absolute Gasteiger partial charge is 0.457 e. The van der Waals surface area contributed by atoms with Crippen LogP contribution in [0.1, 0.15) is 13.3 Å². The summed E-state index contributed by atoms with van der Waals surface area (Å²) in [6.45, 7) is 1.87. The molecule has 0 aliphatic carbocycles. The monoisotopic (exact) mass is 145 g/mol. The zero-order valence-electron chi connectivity index (χ0n) is 5.01. The summed E-state index contributed by atoms with van der Waals surface area (Å²) in [6, 6.07) is 0. The van der Waals surface area contributed by atoms with Crippen LogP contribution >= 0.6 is 12.2 Å². The first-order chi connectivity index (χ1) is 4.24. The van der Waals surface area contributed by atoms with E-state index in [9.17, 15) is 4.79 Å². The number of amides is 1. The molecule has 0 aromatic rings. The maximum Gasteiger partial charge on any atom is 0.268 e. The third-order valence-corrected chi connectivity index (χ3v) is 1.34. The summed E-state index contributed by atoms with van der Waals surface area (Å²) >= 11 is 4.59. The van der Waals surface area contributed by atoms with Crippen LogP contribution in [0.15, 0.2) is 0 Å². The van der Waals surface area contributed by atoms with Crippen molar-refractivity contribution in [3.05, 3.63) is 0 Å². The zero-order chi connectivity index (χ0) is 6.85. The first kappa shape index (κ1) is 6.48. The molecule has 0 saturated carbocycles. The summed E-state index contributed by atoms with van der Waals surface area (Å²) in [5.74, 6) is -0.123. The molecule has 1 unspecified atom stereocenters. The molecule has 1 saturated heterocycles. The van der Waals surface area contributed by atoms with E-state index in [1.54, 1.807) is 0 Å². The van der Waals surface area contributed by atoms with Crippen molar-refractivity contribution in [1.29, 1.82) is 0 Å². The van der Waals surface area contributed by atoms with Gasteiger partial charge in [-0.25, -0.2) is 0 Å². The zero-order valence-corrected chi connectivity index (χ0v) is 5.83. The predicted molar refractivity (Wildman–Crippen MR) is 35.9 cm³/mol. The van der Waals surface area contributed by atoms with Gasteiger partial charge in [0, 0.05) is 0 Å². The molecule has 1 aliphatic rings. The molecule has 1 fully saturated rings. The van der Waals surface area contributed by atoms with E-state index >= 15 is 0 Å². The maximum atomic E-state index is 10.7. The van der Waals surface area contributed by atoms with Gasteiger partial charge in [-0.15, -0.1) is 0 Å². The second-order valence-electron chi connectivity index (χ2n) is 1.79. The summed E-state index contributed by atoms with van der Waals surface area (Å²) in [4.78, 5) is 10.7. The molecule has 1 atom stereocenters. The number of rotatable bonds is 1. The molecule has 1 N–H and O–H groups in total. The van der Waals surface area contributed by atoms with Crippen LogP contribution in [-0.4, -0.2) is 17.2 Å². The Labute approximate surface area is 58.4 Å². The summed E-state index contributed by atoms with van der Waals surface area (Å²) in [7, 11) is 0. The summed E-state index contributed by atoms with van der Waals surface area (Å²) in [5.41, 5.74) is 0. The molecular weight excluding hydrogens is 138 g/mol. The van der Waals surface area contributed by atoms with Crippen LogP contribution in [0.4, 0.5) is 0 Å². The van der Waals surface area contributed by atoms with Gasteiger partial charge >= 0.3 is 0 Å². The minimum atomic E-state index is -0.350. The highest BCUT2D eigenvalue weighted by Crippen LogP contribution is 2.04. The minimum Gasteiger partial charge on any atom is -0.457 e. The first-order valence-electron chi connectivity index (χ1n) is 2.75. The van der Waals surface area contributed by atoms with Crippen molar-refractivity contribution in [3.63, 3.8) is 0 Å². The van der Waals surface area contributed by atoms with Gasteiger partial charge in [0.2, 0.25) is 0 Å². The third kappa shape index (κ3) is 1.18. The van der Waals surface area contributed by atoms with E-state index in [1.165, 1.54) is 0 Å². The van der Waals surface area contributed by atoms with Gasteiger partial charge in [0.05, 0.1) is 0 Å². The summed E-state index contributed by atoms with van der Waals surface area (Å²) in [6.07, 6.45) is 0.323. The molecular formula is C5H7NO2S. The summed E-state index contributed by atoms with van der Waals surface area (Å²) in [5, 5.41) is 2.59. The average molecular weight is 145 g/mol. The normalized spacial score (nSPS) is 25.7. The third-order valence-electron chi connectivity index (χ3n) is 1.14.